The Kier molecular flexibility index (Phi) is 3.07. The van der Waals surface area contributed by atoms with Gasteiger partial charge in [-0.05, 0) is 31.5 Å². The molecule has 0 amide bonds. The first-order valence-electron chi connectivity index (χ1n) is 5.14. The number of aryl methyl sites for hydroxylation is 2. The summed E-state index contributed by atoms with van der Waals surface area (Å²) in [6, 6.07) is 3.33. The van der Waals surface area contributed by atoms with Crippen LogP contribution >= 0.6 is 11.6 Å². The van der Waals surface area contributed by atoms with E-state index in [0.29, 0.717) is 33.6 Å². The highest BCUT2D eigenvalue weighted by Crippen LogP contribution is 2.33. The summed E-state index contributed by atoms with van der Waals surface area (Å²) in [5.41, 5.74) is 1.69. The van der Waals surface area contributed by atoms with Gasteiger partial charge < -0.3 is 9.73 Å². The molecule has 1 N–H and O–H groups in total. The second kappa shape index (κ2) is 4.37. The van der Waals surface area contributed by atoms with Crippen LogP contribution in [0.4, 0.5) is 10.4 Å². The molecule has 5 heteroatoms. The van der Waals surface area contributed by atoms with Gasteiger partial charge in [-0.1, -0.05) is 11.6 Å². The van der Waals surface area contributed by atoms with E-state index >= 15 is 0 Å². The maximum atomic E-state index is 13.5. The Morgan fingerprint density at radius 1 is 1.35 bits per heavy atom. The lowest BCUT2D eigenvalue weighted by molar-refractivity contribution is 0.585. The second-order valence-electron chi connectivity index (χ2n) is 3.76. The molecular formula is C12H12ClFN2O. The summed E-state index contributed by atoms with van der Waals surface area (Å²) >= 11 is 6.09. The molecule has 0 atom stereocenters. The number of nitrogens with one attached hydrogen (secondary N) is 1. The summed E-state index contributed by atoms with van der Waals surface area (Å²) in [5.74, 6) is 0.171. The molecule has 0 aliphatic heterocycles. The summed E-state index contributed by atoms with van der Waals surface area (Å²) in [5, 5.41) is 3.24. The Bertz CT molecular complexity index is 566. The van der Waals surface area contributed by atoms with Crippen molar-refractivity contribution in [1.29, 1.82) is 0 Å². The maximum absolute atomic E-state index is 13.5. The number of oxazole rings is 1. The van der Waals surface area contributed by atoms with E-state index < -0.39 is 0 Å². The standard InChI is InChI=1S/C12H12ClFN2O/c1-6-4-9(13)8(5-10(6)14)11-7(2)16-12(15-3)17-11/h4-5H,1-3H3,(H,15,16). The highest BCUT2D eigenvalue weighted by molar-refractivity contribution is 6.33. The molecule has 0 spiro atoms. The topological polar surface area (TPSA) is 38.1 Å². The largest absolute Gasteiger partial charge is 0.423 e. The molecule has 0 aliphatic rings. The molecule has 0 aliphatic carbocycles. The van der Waals surface area contributed by atoms with Crippen molar-refractivity contribution in [3.05, 3.63) is 34.2 Å². The van der Waals surface area contributed by atoms with E-state index in [-0.39, 0.29) is 5.82 Å². The predicted octanol–water partition coefficient (Wildman–Crippen LogP) is 3.79. The number of anilines is 1. The van der Waals surface area contributed by atoms with Crippen LogP contribution in [0.2, 0.25) is 5.02 Å². The molecule has 2 aromatic rings. The Morgan fingerprint density at radius 2 is 2.06 bits per heavy atom. The van der Waals surface area contributed by atoms with E-state index in [2.05, 4.69) is 10.3 Å². The van der Waals surface area contributed by atoms with E-state index in [1.807, 2.05) is 0 Å². The van der Waals surface area contributed by atoms with Crippen LogP contribution in [0.5, 0.6) is 0 Å². The number of benzene rings is 1. The fourth-order valence-electron chi connectivity index (χ4n) is 1.57. The molecule has 0 fully saturated rings. The zero-order valence-corrected chi connectivity index (χ0v) is 10.5. The summed E-state index contributed by atoms with van der Waals surface area (Å²) in [6.45, 7) is 3.45. The molecular weight excluding hydrogens is 243 g/mol. The van der Waals surface area contributed by atoms with Gasteiger partial charge in [0.1, 0.15) is 5.82 Å². The minimum absolute atomic E-state index is 0.314. The van der Waals surface area contributed by atoms with Gasteiger partial charge in [0, 0.05) is 12.6 Å². The quantitative estimate of drug-likeness (QED) is 0.886. The summed E-state index contributed by atoms with van der Waals surface area (Å²) in [6.07, 6.45) is 0. The molecule has 0 saturated heterocycles. The minimum atomic E-state index is -0.314. The number of halogens is 2. The van der Waals surface area contributed by atoms with E-state index in [9.17, 15) is 4.39 Å². The molecule has 17 heavy (non-hydrogen) atoms. The van der Waals surface area contributed by atoms with Gasteiger partial charge in [0.15, 0.2) is 5.76 Å². The first-order chi connectivity index (χ1) is 8.02. The van der Waals surface area contributed by atoms with Gasteiger partial charge in [0.05, 0.1) is 10.7 Å². The number of nitrogens with zero attached hydrogens (tertiary/aromatic N) is 1. The van der Waals surface area contributed by atoms with E-state index in [4.69, 9.17) is 16.0 Å². The SMILES string of the molecule is CNc1nc(C)c(-c2cc(F)c(C)cc2Cl)o1. The van der Waals surface area contributed by atoms with Gasteiger partial charge in [0.2, 0.25) is 0 Å². The molecule has 1 aromatic carbocycles. The Balaban J connectivity index is 2.59. The summed E-state index contributed by atoms with van der Waals surface area (Å²) in [4.78, 5) is 4.14. The monoisotopic (exact) mass is 254 g/mol. The van der Waals surface area contributed by atoms with Crippen molar-refractivity contribution in [3.8, 4) is 11.3 Å². The molecule has 3 nitrogen and oxygen atoms in total. The molecule has 1 aromatic heterocycles. The van der Waals surface area contributed by atoms with Crippen molar-refractivity contribution in [2.75, 3.05) is 12.4 Å². The van der Waals surface area contributed by atoms with Gasteiger partial charge in [0.25, 0.3) is 6.01 Å². The summed E-state index contributed by atoms with van der Waals surface area (Å²) < 4.78 is 19.0. The molecule has 90 valence electrons. The predicted molar refractivity (Wildman–Crippen MR) is 65.9 cm³/mol. The highest BCUT2D eigenvalue weighted by Gasteiger charge is 2.16. The van der Waals surface area contributed by atoms with E-state index in [1.54, 1.807) is 27.0 Å². The Labute approximate surface area is 104 Å². The van der Waals surface area contributed by atoms with Crippen LogP contribution < -0.4 is 5.32 Å². The van der Waals surface area contributed by atoms with E-state index in [0.717, 1.165) is 0 Å². The van der Waals surface area contributed by atoms with Crippen LogP contribution in [0, 0.1) is 19.7 Å². The molecule has 0 saturated carbocycles. The first-order valence-corrected chi connectivity index (χ1v) is 5.52. The minimum Gasteiger partial charge on any atom is -0.423 e. The zero-order chi connectivity index (χ0) is 12.6. The van der Waals surface area contributed by atoms with Crippen LogP contribution in [-0.2, 0) is 0 Å². The highest BCUT2D eigenvalue weighted by atomic mass is 35.5. The van der Waals surface area contributed by atoms with Crippen molar-refractivity contribution < 1.29 is 8.81 Å². The maximum Gasteiger partial charge on any atom is 0.295 e. The second-order valence-corrected chi connectivity index (χ2v) is 4.17. The molecule has 0 bridgehead atoms. The van der Waals surface area contributed by atoms with Crippen LogP contribution in [0.3, 0.4) is 0 Å². The third-order valence-electron chi connectivity index (χ3n) is 2.50. The molecule has 0 radical (unpaired) electrons. The Morgan fingerprint density at radius 3 is 2.65 bits per heavy atom. The van der Waals surface area contributed by atoms with Crippen LogP contribution in [-0.4, -0.2) is 12.0 Å². The lowest BCUT2D eigenvalue weighted by Crippen LogP contribution is -1.87. The van der Waals surface area contributed by atoms with E-state index in [1.165, 1.54) is 6.07 Å². The summed E-state index contributed by atoms with van der Waals surface area (Å²) in [7, 11) is 1.70. The van der Waals surface area contributed by atoms with Gasteiger partial charge in [-0.25, -0.2) is 4.39 Å². The average Bonchev–Trinajstić information content (AvgIpc) is 2.65. The van der Waals surface area contributed by atoms with Crippen molar-refractivity contribution in [2.45, 2.75) is 13.8 Å². The fourth-order valence-corrected chi connectivity index (χ4v) is 1.88. The van der Waals surface area contributed by atoms with Gasteiger partial charge >= 0.3 is 0 Å². The molecule has 0 unspecified atom stereocenters. The van der Waals surface area contributed by atoms with Crippen molar-refractivity contribution >= 4 is 17.6 Å². The van der Waals surface area contributed by atoms with Crippen molar-refractivity contribution in [1.82, 2.24) is 4.98 Å². The van der Waals surface area contributed by atoms with Crippen LogP contribution in [0.25, 0.3) is 11.3 Å². The van der Waals surface area contributed by atoms with Gasteiger partial charge in [-0.15, -0.1) is 0 Å². The number of hydrogen-bond donors (Lipinski definition) is 1. The van der Waals surface area contributed by atoms with Crippen LogP contribution in [0.1, 0.15) is 11.3 Å². The number of hydrogen-bond acceptors (Lipinski definition) is 3. The normalized spacial score (nSPS) is 10.6. The molecule has 2 rings (SSSR count). The number of aromatic nitrogens is 1. The molecule has 1 heterocycles. The lowest BCUT2D eigenvalue weighted by Gasteiger charge is -2.04. The fraction of sp³-hybridized carbons (Fsp3) is 0.250. The van der Waals surface area contributed by atoms with Gasteiger partial charge in [-0.3, -0.25) is 0 Å². The number of rotatable bonds is 2. The van der Waals surface area contributed by atoms with Crippen molar-refractivity contribution in [3.63, 3.8) is 0 Å². The smallest absolute Gasteiger partial charge is 0.295 e. The van der Waals surface area contributed by atoms with Gasteiger partial charge in [-0.2, -0.15) is 4.98 Å². The average molecular weight is 255 g/mol. The Hall–Kier alpha value is -1.55. The third-order valence-corrected chi connectivity index (χ3v) is 2.82. The lowest BCUT2D eigenvalue weighted by atomic mass is 10.1. The zero-order valence-electron chi connectivity index (χ0n) is 9.77. The van der Waals surface area contributed by atoms with Crippen LogP contribution in [0.15, 0.2) is 16.5 Å². The van der Waals surface area contributed by atoms with Crippen molar-refractivity contribution in [2.24, 2.45) is 0 Å². The first kappa shape index (κ1) is 11.9. The third kappa shape index (κ3) is 2.13.